The molecule has 0 radical (unpaired) electrons. The number of ether oxygens (including phenoxy) is 1. The number of nitrogens with two attached hydrogens (primary N) is 1. The largest absolute Gasteiger partial charge is 0.496 e. The zero-order chi connectivity index (χ0) is 14.4. The molecule has 112 valence electrons. The molecule has 0 heterocycles. The van der Waals surface area contributed by atoms with Crippen molar-refractivity contribution < 1.29 is 4.74 Å². The van der Waals surface area contributed by atoms with Crippen LogP contribution >= 0.6 is 15.9 Å². The molecule has 20 heavy (non-hydrogen) atoms. The minimum absolute atomic E-state index is 0.360. The summed E-state index contributed by atoms with van der Waals surface area (Å²) < 4.78 is 6.27. The number of hydrogen-bond acceptors (Lipinski definition) is 3. The quantitative estimate of drug-likeness (QED) is 0.611. The van der Waals surface area contributed by atoms with Gasteiger partial charge in [-0.15, -0.1) is 0 Å². The molecule has 0 spiro atoms. The fourth-order valence-electron chi connectivity index (χ4n) is 3.16. The van der Waals surface area contributed by atoms with Crippen molar-refractivity contribution in [1.29, 1.82) is 0 Å². The summed E-state index contributed by atoms with van der Waals surface area (Å²) in [4.78, 5) is 0. The van der Waals surface area contributed by atoms with E-state index in [4.69, 9.17) is 10.6 Å². The third-order valence-electron chi connectivity index (χ3n) is 4.28. The monoisotopic (exact) mass is 340 g/mol. The smallest absolute Gasteiger partial charge is 0.133 e. The van der Waals surface area contributed by atoms with Crippen LogP contribution in [0, 0.1) is 5.92 Å². The Kier molecular flexibility index (Phi) is 6.33. The molecule has 3 nitrogen and oxygen atoms in total. The molecular weight excluding hydrogens is 316 g/mol. The van der Waals surface area contributed by atoms with Crippen LogP contribution in [0.5, 0.6) is 5.75 Å². The standard InChI is InChI=1S/C16H25BrN2O/c1-20-16-8-7-13(11-15(16)17)10-14(19-18)9-12-5-3-2-4-6-12/h7-8,11-12,14,19H,2-6,9-10,18H2,1H3. The second-order valence-corrected chi connectivity index (χ2v) is 6.63. The summed E-state index contributed by atoms with van der Waals surface area (Å²) in [5.41, 5.74) is 4.29. The first-order valence-corrected chi connectivity index (χ1v) is 8.30. The van der Waals surface area contributed by atoms with Gasteiger partial charge in [-0.2, -0.15) is 0 Å². The topological polar surface area (TPSA) is 47.3 Å². The fraction of sp³-hybridized carbons (Fsp3) is 0.625. The predicted octanol–water partition coefficient (Wildman–Crippen LogP) is 3.80. The van der Waals surface area contributed by atoms with E-state index in [0.717, 1.165) is 22.6 Å². The normalized spacial score (nSPS) is 17.9. The lowest BCUT2D eigenvalue weighted by Crippen LogP contribution is -2.38. The first-order valence-electron chi connectivity index (χ1n) is 7.51. The molecule has 0 aliphatic heterocycles. The Bertz CT molecular complexity index is 419. The van der Waals surface area contributed by atoms with Gasteiger partial charge in [0.25, 0.3) is 0 Å². The predicted molar refractivity (Wildman–Crippen MR) is 86.7 cm³/mol. The number of benzene rings is 1. The molecule has 0 amide bonds. The lowest BCUT2D eigenvalue weighted by Gasteiger charge is -2.26. The summed E-state index contributed by atoms with van der Waals surface area (Å²) in [5.74, 6) is 7.46. The SMILES string of the molecule is COc1ccc(CC(CC2CCCCC2)NN)cc1Br. The highest BCUT2D eigenvalue weighted by molar-refractivity contribution is 9.10. The van der Waals surface area contributed by atoms with Crippen LogP contribution in [0.1, 0.15) is 44.1 Å². The highest BCUT2D eigenvalue weighted by Gasteiger charge is 2.18. The van der Waals surface area contributed by atoms with Crippen LogP contribution in [-0.4, -0.2) is 13.2 Å². The van der Waals surface area contributed by atoms with Gasteiger partial charge in [0.15, 0.2) is 0 Å². The van der Waals surface area contributed by atoms with E-state index in [2.05, 4.69) is 33.5 Å². The maximum atomic E-state index is 5.75. The van der Waals surface area contributed by atoms with Gasteiger partial charge in [-0.3, -0.25) is 11.3 Å². The Hall–Kier alpha value is -0.580. The van der Waals surface area contributed by atoms with Crippen molar-refractivity contribution >= 4 is 15.9 Å². The summed E-state index contributed by atoms with van der Waals surface area (Å²) in [7, 11) is 1.69. The molecular formula is C16H25BrN2O. The molecule has 1 saturated carbocycles. The zero-order valence-electron chi connectivity index (χ0n) is 12.2. The van der Waals surface area contributed by atoms with E-state index in [-0.39, 0.29) is 0 Å². The van der Waals surface area contributed by atoms with E-state index in [1.54, 1.807) is 7.11 Å². The van der Waals surface area contributed by atoms with Crippen molar-refractivity contribution in [2.75, 3.05) is 7.11 Å². The van der Waals surface area contributed by atoms with Crippen molar-refractivity contribution in [2.45, 2.75) is 51.0 Å². The Morgan fingerprint density at radius 2 is 2.10 bits per heavy atom. The van der Waals surface area contributed by atoms with Crippen LogP contribution in [-0.2, 0) is 6.42 Å². The van der Waals surface area contributed by atoms with Crippen molar-refractivity contribution in [3.05, 3.63) is 28.2 Å². The van der Waals surface area contributed by atoms with Crippen LogP contribution in [0.2, 0.25) is 0 Å². The van der Waals surface area contributed by atoms with E-state index >= 15 is 0 Å². The number of hydrazine groups is 1. The van der Waals surface area contributed by atoms with E-state index in [9.17, 15) is 0 Å². The fourth-order valence-corrected chi connectivity index (χ4v) is 3.74. The van der Waals surface area contributed by atoms with Crippen LogP contribution < -0.4 is 16.0 Å². The maximum absolute atomic E-state index is 5.75. The van der Waals surface area contributed by atoms with Gasteiger partial charge < -0.3 is 4.74 Å². The molecule has 1 atom stereocenters. The average molecular weight is 341 g/mol. The Labute approximate surface area is 130 Å². The van der Waals surface area contributed by atoms with E-state index in [0.29, 0.717) is 6.04 Å². The van der Waals surface area contributed by atoms with E-state index in [1.807, 2.05) is 6.07 Å². The van der Waals surface area contributed by atoms with E-state index in [1.165, 1.54) is 44.1 Å². The molecule has 1 aromatic carbocycles. The lowest BCUT2D eigenvalue weighted by atomic mass is 9.84. The van der Waals surface area contributed by atoms with Crippen molar-refractivity contribution in [1.82, 2.24) is 5.43 Å². The zero-order valence-corrected chi connectivity index (χ0v) is 13.8. The molecule has 1 unspecified atom stereocenters. The first kappa shape index (κ1) is 15.8. The Balaban J connectivity index is 1.93. The number of hydrogen-bond donors (Lipinski definition) is 2. The highest BCUT2D eigenvalue weighted by Crippen LogP contribution is 2.29. The molecule has 4 heteroatoms. The molecule has 3 N–H and O–H groups in total. The number of methoxy groups -OCH3 is 1. The number of halogens is 1. The number of rotatable bonds is 6. The van der Waals surface area contributed by atoms with Crippen molar-refractivity contribution in [3.8, 4) is 5.75 Å². The highest BCUT2D eigenvalue weighted by atomic mass is 79.9. The molecule has 0 saturated heterocycles. The average Bonchev–Trinajstić information content (AvgIpc) is 2.48. The van der Waals surface area contributed by atoms with Crippen molar-refractivity contribution in [3.63, 3.8) is 0 Å². The third-order valence-corrected chi connectivity index (χ3v) is 4.90. The van der Waals surface area contributed by atoms with Crippen LogP contribution in [0.4, 0.5) is 0 Å². The second kappa shape index (κ2) is 8.01. The second-order valence-electron chi connectivity index (χ2n) is 5.78. The molecule has 1 aliphatic carbocycles. The Morgan fingerprint density at radius 1 is 1.35 bits per heavy atom. The summed E-state index contributed by atoms with van der Waals surface area (Å²) in [5, 5.41) is 0. The van der Waals surface area contributed by atoms with Crippen LogP contribution in [0.15, 0.2) is 22.7 Å². The van der Waals surface area contributed by atoms with Crippen LogP contribution in [0.3, 0.4) is 0 Å². The Morgan fingerprint density at radius 3 is 2.70 bits per heavy atom. The molecule has 0 aromatic heterocycles. The van der Waals surface area contributed by atoms with Gasteiger partial charge in [-0.25, -0.2) is 0 Å². The van der Waals surface area contributed by atoms with Gasteiger partial charge in [-0.1, -0.05) is 38.2 Å². The minimum Gasteiger partial charge on any atom is -0.496 e. The molecule has 0 bridgehead atoms. The van der Waals surface area contributed by atoms with Gasteiger partial charge in [0.2, 0.25) is 0 Å². The molecule has 2 rings (SSSR count). The molecule has 1 fully saturated rings. The minimum atomic E-state index is 0.360. The van der Waals surface area contributed by atoms with Crippen LogP contribution in [0.25, 0.3) is 0 Å². The first-order chi connectivity index (χ1) is 9.72. The molecule has 1 aliphatic rings. The van der Waals surface area contributed by atoms with Crippen molar-refractivity contribution in [2.24, 2.45) is 11.8 Å². The summed E-state index contributed by atoms with van der Waals surface area (Å²) in [6.45, 7) is 0. The number of nitrogens with one attached hydrogen (secondary N) is 1. The third kappa shape index (κ3) is 4.47. The van der Waals surface area contributed by atoms with Gasteiger partial charge >= 0.3 is 0 Å². The van der Waals surface area contributed by atoms with Gasteiger partial charge in [0.1, 0.15) is 5.75 Å². The molecule has 1 aromatic rings. The van der Waals surface area contributed by atoms with Gasteiger partial charge in [0, 0.05) is 6.04 Å². The lowest BCUT2D eigenvalue weighted by molar-refractivity contribution is 0.298. The summed E-state index contributed by atoms with van der Waals surface area (Å²) >= 11 is 3.54. The van der Waals surface area contributed by atoms with Gasteiger partial charge in [0.05, 0.1) is 11.6 Å². The maximum Gasteiger partial charge on any atom is 0.133 e. The van der Waals surface area contributed by atoms with Gasteiger partial charge in [-0.05, 0) is 52.4 Å². The summed E-state index contributed by atoms with van der Waals surface area (Å²) in [6.07, 6.45) is 9.06. The van der Waals surface area contributed by atoms with E-state index < -0.39 is 0 Å². The summed E-state index contributed by atoms with van der Waals surface area (Å²) in [6, 6.07) is 6.62.